The van der Waals surface area contributed by atoms with Crippen molar-refractivity contribution in [1.29, 1.82) is 0 Å². The van der Waals surface area contributed by atoms with Crippen molar-refractivity contribution in [2.45, 2.75) is 24.5 Å². The minimum Gasteiger partial charge on any atom is -0.394 e. The summed E-state index contributed by atoms with van der Waals surface area (Å²) in [7, 11) is 0. The molecule has 2 heterocycles. The third kappa shape index (κ3) is 2.08. The van der Waals surface area contributed by atoms with E-state index < -0.39 is 42.4 Å². The molecule has 0 saturated carbocycles. The highest BCUT2D eigenvalue weighted by Crippen LogP contribution is 2.28. The van der Waals surface area contributed by atoms with Gasteiger partial charge in [-0.1, -0.05) is 11.6 Å². The van der Waals surface area contributed by atoms with Crippen LogP contribution in [0.25, 0.3) is 0 Å². The molecule has 9 heteroatoms. The van der Waals surface area contributed by atoms with Crippen molar-refractivity contribution in [2.24, 2.45) is 0 Å². The highest BCUT2D eigenvalue weighted by Gasteiger charge is 2.43. The van der Waals surface area contributed by atoms with Crippen LogP contribution >= 0.6 is 11.6 Å². The van der Waals surface area contributed by atoms with Gasteiger partial charge in [-0.2, -0.15) is 0 Å². The Kier molecular flexibility index (Phi) is 3.55. The Morgan fingerprint density at radius 3 is 2.61 bits per heavy atom. The highest BCUT2D eigenvalue weighted by atomic mass is 35.5. The van der Waals surface area contributed by atoms with Crippen LogP contribution in [0.2, 0.25) is 5.02 Å². The van der Waals surface area contributed by atoms with Gasteiger partial charge in [-0.3, -0.25) is 14.3 Å². The maximum Gasteiger partial charge on any atom is 0.330 e. The van der Waals surface area contributed by atoms with Crippen LogP contribution < -0.4 is 11.2 Å². The van der Waals surface area contributed by atoms with Crippen molar-refractivity contribution in [1.82, 2.24) is 9.55 Å². The van der Waals surface area contributed by atoms with E-state index in [2.05, 4.69) is 0 Å². The number of aromatic amines is 1. The zero-order valence-corrected chi connectivity index (χ0v) is 9.74. The van der Waals surface area contributed by atoms with Crippen molar-refractivity contribution in [3.63, 3.8) is 0 Å². The molecule has 0 spiro atoms. The fourth-order valence-electron chi connectivity index (χ4n) is 1.76. The van der Waals surface area contributed by atoms with Crippen molar-refractivity contribution in [3.8, 4) is 0 Å². The Morgan fingerprint density at radius 1 is 1.39 bits per heavy atom. The van der Waals surface area contributed by atoms with E-state index in [0.717, 1.165) is 10.8 Å². The fourth-order valence-corrected chi connectivity index (χ4v) is 1.91. The second-order valence-electron chi connectivity index (χ2n) is 3.87. The Morgan fingerprint density at radius 2 is 2.06 bits per heavy atom. The minimum absolute atomic E-state index is 0.257. The standard InChI is InChI=1S/C9H11ClN2O6/c10-3-1-12(9(17)11-7(3)16)8-6(15)5(14)4(2-13)18-8/h1,4-6,8,13-15H,2H2,(H,11,16,17)/t4-,5-,6-,8?/m1/s1. The Labute approximate surface area is 105 Å². The Hall–Kier alpha value is -1.19. The molecule has 8 nitrogen and oxygen atoms in total. The average molecular weight is 279 g/mol. The second kappa shape index (κ2) is 4.82. The van der Waals surface area contributed by atoms with Gasteiger partial charge < -0.3 is 20.1 Å². The van der Waals surface area contributed by atoms with E-state index in [1.165, 1.54) is 0 Å². The number of nitrogens with one attached hydrogen (secondary N) is 1. The predicted molar refractivity (Wildman–Crippen MR) is 59.3 cm³/mol. The summed E-state index contributed by atoms with van der Waals surface area (Å²) in [5, 5.41) is 27.9. The summed E-state index contributed by atoms with van der Waals surface area (Å²) in [6.07, 6.45) is -3.98. The van der Waals surface area contributed by atoms with Gasteiger partial charge >= 0.3 is 5.69 Å². The summed E-state index contributed by atoms with van der Waals surface area (Å²) in [4.78, 5) is 24.6. The van der Waals surface area contributed by atoms with Crippen LogP contribution in [0.3, 0.4) is 0 Å². The van der Waals surface area contributed by atoms with Gasteiger partial charge in [-0.25, -0.2) is 4.79 Å². The molecular weight excluding hydrogens is 268 g/mol. The van der Waals surface area contributed by atoms with Gasteiger partial charge in [0.25, 0.3) is 5.56 Å². The van der Waals surface area contributed by atoms with Crippen molar-refractivity contribution < 1.29 is 20.1 Å². The summed E-state index contributed by atoms with van der Waals surface area (Å²) < 4.78 is 5.98. The monoisotopic (exact) mass is 278 g/mol. The number of ether oxygens (including phenoxy) is 1. The molecule has 4 N–H and O–H groups in total. The summed E-state index contributed by atoms with van der Waals surface area (Å²) in [5.74, 6) is 0. The molecule has 0 aromatic carbocycles. The zero-order chi connectivity index (χ0) is 13.4. The first-order chi connectivity index (χ1) is 8.45. The van der Waals surface area contributed by atoms with E-state index >= 15 is 0 Å². The number of aromatic nitrogens is 2. The Bertz CT molecular complexity index is 555. The molecular formula is C9H11ClN2O6. The smallest absolute Gasteiger partial charge is 0.330 e. The lowest BCUT2D eigenvalue weighted by Gasteiger charge is -2.17. The second-order valence-corrected chi connectivity index (χ2v) is 4.28. The van der Waals surface area contributed by atoms with Gasteiger partial charge in [0, 0.05) is 6.20 Å². The minimum atomic E-state index is -1.41. The topological polar surface area (TPSA) is 125 Å². The summed E-state index contributed by atoms with van der Waals surface area (Å²) in [5.41, 5.74) is -1.59. The number of H-pyrrole nitrogens is 1. The predicted octanol–water partition coefficient (Wildman–Crippen LogP) is -2.20. The SMILES string of the molecule is O=c1[nH]c(=O)n(C2O[C@H](CO)[C@@H](O)[C@H]2O)cc1Cl. The van der Waals surface area contributed by atoms with Gasteiger partial charge in [0.1, 0.15) is 23.3 Å². The van der Waals surface area contributed by atoms with E-state index in [-0.39, 0.29) is 5.02 Å². The van der Waals surface area contributed by atoms with Gasteiger partial charge in [-0.15, -0.1) is 0 Å². The van der Waals surface area contributed by atoms with Crippen molar-refractivity contribution in [3.05, 3.63) is 32.1 Å². The molecule has 18 heavy (non-hydrogen) atoms. The lowest BCUT2D eigenvalue weighted by Crippen LogP contribution is -2.38. The molecule has 1 aliphatic rings. The molecule has 0 aliphatic carbocycles. The first-order valence-corrected chi connectivity index (χ1v) is 5.47. The molecule has 4 atom stereocenters. The summed E-state index contributed by atoms with van der Waals surface area (Å²) in [6, 6.07) is 0. The van der Waals surface area contributed by atoms with Crippen molar-refractivity contribution >= 4 is 11.6 Å². The van der Waals surface area contributed by atoms with Crippen LogP contribution in [-0.4, -0.2) is 49.8 Å². The molecule has 100 valence electrons. The van der Waals surface area contributed by atoms with E-state index in [4.69, 9.17) is 21.4 Å². The van der Waals surface area contributed by atoms with Crippen LogP contribution in [0.4, 0.5) is 0 Å². The molecule has 0 radical (unpaired) electrons. The van der Waals surface area contributed by atoms with Gasteiger partial charge in [-0.05, 0) is 0 Å². The molecule has 0 amide bonds. The van der Waals surface area contributed by atoms with E-state index in [9.17, 15) is 19.8 Å². The first kappa shape index (κ1) is 13.2. The number of aliphatic hydroxyl groups is 3. The third-order valence-corrected chi connectivity index (χ3v) is 2.98. The van der Waals surface area contributed by atoms with Gasteiger partial charge in [0.05, 0.1) is 6.61 Å². The molecule has 0 bridgehead atoms. The van der Waals surface area contributed by atoms with E-state index in [0.29, 0.717) is 0 Å². The molecule has 1 aliphatic heterocycles. The largest absolute Gasteiger partial charge is 0.394 e. The van der Waals surface area contributed by atoms with Gasteiger partial charge in [0.2, 0.25) is 0 Å². The number of rotatable bonds is 2. The van der Waals surface area contributed by atoms with E-state index in [1.807, 2.05) is 4.98 Å². The average Bonchev–Trinajstić information content (AvgIpc) is 2.61. The molecule has 1 aromatic heterocycles. The first-order valence-electron chi connectivity index (χ1n) is 5.09. The molecule has 2 rings (SSSR count). The van der Waals surface area contributed by atoms with Crippen LogP contribution in [0.1, 0.15) is 6.23 Å². The quantitative estimate of drug-likeness (QED) is 0.487. The molecule has 1 unspecified atom stereocenters. The van der Waals surface area contributed by atoms with Crippen molar-refractivity contribution in [2.75, 3.05) is 6.61 Å². The number of hydrogen-bond donors (Lipinski definition) is 4. The summed E-state index contributed by atoms with van der Waals surface area (Å²) in [6.45, 7) is -0.513. The maximum absolute atomic E-state index is 11.5. The van der Waals surface area contributed by atoms with Crippen LogP contribution in [-0.2, 0) is 4.74 Å². The molecule has 1 fully saturated rings. The van der Waals surface area contributed by atoms with Crippen LogP contribution in [0.5, 0.6) is 0 Å². The fraction of sp³-hybridized carbons (Fsp3) is 0.556. The highest BCUT2D eigenvalue weighted by molar-refractivity contribution is 6.30. The van der Waals surface area contributed by atoms with E-state index in [1.54, 1.807) is 0 Å². The lowest BCUT2D eigenvalue weighted by molar-refractivity contribution is -0.0550. The molecule has 1 saturated heterocycles. The van der Waals surface area contributed by atoms with Gasteiger partial charge in [0.15, 0.2) is 6.23 Å². The molecule has 1 aromatic rings. The number of aliphatic hydroxyl groups excluding tert-OH is 3. The third-order valence-electron chi connectivity index (χ3n) is 2.72. The maximum atomic E-state index is 11.5. The summed E-state index contributed by atoms with van der Waals surface area (Å²) >= 11 is 5.57. The van der Waals surface area contributed by atoms with Crippen LogP contribution in [0.15, 0.2) is 15.8 Å². The normalized spacial score (nSPS) is 31.8. The Balaban J connectivity index is 2.42. The van der Waals surface area contributed by atoms with Crippen LogP contribution in [0, 0.1) is 0 Å². The lowest BCUT2D eigenvalue weighted by atomic mass is 10.1. The number of hydrogen-bond acceptors (Lipinski definition) is 6. The number of halogens is 1. The number of nitrogens with zero attached hydrogens (tertiary/aromatic N) is 1. The zero-order valence-electron chi connectivity index (χ0n) is 8.99.